The van der Waals surface area contributed by atoms with Gasteiger partial charge in [-0.1, -0.05) is 0 Å². The van der Waals surface area contributed by atoms with Crippen molar-refractivity contribution in [2.45, 2.75) is 33.1 Å². The van der Waals surface area contributed by atoms with Gasteiger partial charge in [-0.05, 0) is 20.8 Å². The van der Waals surface area contributed by atoms with Gasteiger partial charge in [0, 0.05) is 13.7 Å². The monoisotopic (exact) mass is 177 g/mol. The number of hydrogen-bond acceptors (Lipinski definition) is 4. The Balaban J connectivity index is 3.49. The van der Waals surface area contributed by atoms with Gasteiger partial charge in [0.15, 0.2) is 0 Å². The van der Waals surface area contributed by atoms with E-state index in [2.05, 4.69) is 0 Å². The molecule has 2 unspecified atom stereocenters. The zero-order chi connectivity index (χ0) is 9.56. The molecule has 0 fully saturated rings. The van der Waals surface area contributed by atoms with Crippen LogP contribution in [0.5, 0.6) is 0 Å². The van der Waals surface area contributed by atoms with Crippen LogP contribution in [-0.4, -0.2) is 42.8 Å². The van der Waals surface area contributed by atoms with Crippen LogP contribution in [0.1, 0.15) is 20.8 Å². The summed E-state index contributed by atoms with van der Waals surface area (Å²) in [7, 11) is 1.78. The zero-order valence-corrected chi connectivity index (χ0v) is 8.28. The molecule has 74 valence electrons. The molecule has 0 aliphatic heterocycles. The fraction of sp³-hybridized carbons (Fsp3) is 1.00. The van der Waals surface area contributed by atoms with Crippen molar-refractivity contribution in [1.82, 2.24) is 5.06 Å². The highest BCUT2D eigenvalue weighted by Crippen LogP contribution is 1.98. The lowest BCUT2D eigenvalue weighted by atomic mass is 10.5. The topological polar surface area (TPSA) is 41.9 Å². The fourth-order valence-electron chi connectivity index (χ4n) is 0.677. The standard InChI is InChI=1S/C8H19NO3/c1-5-11-8(3)9(4)12-6-7(2)10/h7-8,10H,5-6H2,1-4H3. The molecule has 0 aliphatic carbocycles. The number of aliphatic hydroxyl groups is 1. The molecule has 0 radical (unpaired) electrons. The molecular formula is C8H19NO3. The summed E-state index contributed by atoms with van der Waals surface area (Å²) in [5.74, 6) is 0. The van der Waals surface area contributed by atoms with Crippen LogP contribution in [0.15, 0.2) is 0 Å². The third-order valence-electron chi connectivity index (χ3n) is 1.44. The van der Waals surface area contributed by atoms with Crippen LogP contribution in [0, 0.1) is 0 Å². The third kappa shape index (κ3) is 5.49. The van der Waals surface area contributed by atoms with E-state index in [0.29, 0.717) is 13.2 Å². The summed E-state index contributed by atoms with van der Waals surface area (Å²) in [5.41, 5.74) is 0. The molecule has 0 bridgehead atoms. The normalized spacial score (nSPS) is 16.5. The molecule has 4 nitrogen and oxygen atoms in total. The van der Waals surface area contributed by atoms with Crippen molar-refractivity contribution < 1.29 is 14.7 Å². The molecular weight excluding hydrogens is 158 g/mol. The van der Waals surface area contributed by atoms with E-state index in [1.165, 1.54) is 0 Å². The summed E-state index contributed by atoms with van der Waals surface area (Å²) in [5, 5.41) is 10.5. The maximum Gasteiger partial charge on any atom is 0.129 e. The van der Waals surface area contributed by atoms with Crippen molar-refractivity contribution in [2.24, 2.45) is 0 Å². The lowest BCUT2D eigenvalue weighted by Gasteiger charge is -2.23. The summed E-state index contributed by atoms with van der Waals surface area (Å²) in [6, 6.07) is 0. The molecule has 0 heterocycles. The van der Waals surface area contributed by atoms with Crippen LogP contribution in [0.3, 0.4) is 0 Å². The molecule has 0 spiro atoms. The largest absolute Gasteiger partial charge is 0.391 e. The summed E-state index contributed by atoms with van der Waals surface area (Å²) in [6.07, 6.45) is -0.518. The Labute approximate surface area is 74.0 Å². The lowest BCUT2D eigenvalue weighted by molar-refractivity contribution is -0.240. The molecule has 0 aromatic carbocycles. The van der Waals surface area contributed by atoms with Crippen LogP contribution in [0.2, 0.25) is 0 Å². The molecule has 4 heteroatoms. The average molecular weight is 177 g/mol. The van der Waals surface area contributed by atoms with Gasteiger partial charge >= 0.3 is 0 Å². The Hall–Kier alpha value is -0.160. The number of rotatable bonds is 6. The average Bonchev–Trinajstić information content (AvgIpc) is 2.00. The van der Waals surface area contributed by atoms with Gasteiger partial charge in [-0.3, -0.25) is 4.84 Å². The molecule has 2 atom stereocenters. The smallest absolute Gasteiger partial charge is 0.129 e. The van der Waals surface area contributed by atoms with Gasteiger partial charge in [0.05, 0.1) is 12.7 Å². The lowest BCUT2D eigenvalue weighted by Crippen LogP contribution is -2.33. The highest BCUT2D eigenvalue weighted by atomic mass is 16.7. The fourth-order valence-corrected chi connectivity index (χ4v) is 0.677. The second-order valence-corrected chi connectivity index (χ2v) is 2.75. The first kappa shape index (κ1) is 11.8. The van der Waals surface area contributed by atoms with Gasteiger partial charge in [-0.15, -0.1) is 0 Å². The van der Waals surface area contributed by atoms with Crippen LogP contribution < -0.4 is 0 Å². The number of nitrogens with zero attached hydrogens (tertiary/aromatic N) is 1. The maximum atomic E-state index is 8.92. The molecule has 0 aliphatic rings. The number of hydroxylamine groups is 2. The Morgan fingerprint density at radius 1 is 1.42 bits per heavy atom. The van der Waals surface area contributed by atoms with E-state index < -0.39 is 6.10 Å². The second-order valence-electron chi connectivity index (χ2n) is 2.75. The molecule has 0 aromatic heterocycles. The Morgan fingerprint density at radius 2 is 2.00 bits per heavy atom. The van der Waals surface area contributed by atoms with E-state index in [1.807, 2.05) is 13.8 Å². The second kappa shape index (κ2) is 6.37. The van der Waals surface area contributed by atoms with Crippen molar-refractivity contribution in [1.29, 1.82) is 0 Å². The first-order valence-electron chi connectivity index (χ1n) is 4.23. The van der Waals surface area contributed by atoms with Crippen LogP contribution >= 0.6 is 0 Å². The Morgan fingerprint density at radius 3 is 2.42 bits per heavy atom. The van der Waals surface area contributed by atoms with Crippen molar-refractivity contribution in [3.05, 3.63) is 0 Å². The minimum atomic E-state index is -0.443. The Kier molecular flexibility index (Phi) is 6.28. The number of hydrogen-bond donors (Lipinski definition) is 1. The van der Waals surface area contributed by atoms with Crippen molar-refractivity contribution in [3.8, 4) is 0 Å². The Bertz CT molecular complexity index is 108. The first-order valence-corrected chi connectivity index (χ1v) is 4.23. The molecule has 0 saturated carbocycles. The molecule has 1 N–H and O–H groups in total. The maximum absolute atomic E-state index is 8.92. The van der Waals surface area contributed by atoms with Gasteiger partial charge in [0.1, 0.15) is 6.23 Å². The van der Waals surface area contributed by atoms with Gasteiger partial charge in [-0.25, -0.2) is 0 Å². The molecule has 0 amide bonds. The number of aliphatic hydroxyl groups excluding tert-OH is 1. The van der Waals surface area contributed by atoms with Crippen molar-refractivity contribution in [2.75, 3.05) is 20.3 Å². The van der Waals surface area contributed by atoms with Gasteiger partial charge in [-0.2, -0.15) is 5.06 Å². The van der Waals surface area contributed by atoms with Crippen LogP contribution in [-0.2, 0) is 9.57 Å². The van der Waals surface area contributed by atoms with E-state index in [-0.39, 0.29) is 6.23 Å². The predicted octanol–water partition coefficient (Wildman–Crippen LogP) is 0.613. The highest BCUT2D eigenvalue weighted by molar-refractivity contribution is 4.43. The van der Waals surface area contributed by atoms with Crippen molar-refractivity contribution in [3.63, 3.8) is 0 Å². The predicted molar refractivity (Wildman–Crippen MR) is 46.5 cm³/mol. The van der Waals surface area contributed by atoms with Crippen LogP contribution in [0.4, 0.5) is 0 Å². The van der Waals surface area contributed by atoms with E-state index in [4.69, 9.17) is 14.7 Å². The molecule has 12 heavy (non-hydrogen) atoms. The minimum absolute atomic E-state index is 0.0752. The van der Waals surface area contributed by atoms with Gasteiger partial charge in [0.25, 0.3) is 0 Å². The van der Waals surface area contributed by atoms with E-state index >= 15 is 0 Å². The highest BCUT2D eigenvalue weighted by Gasteiger charge is 2.09. The third-order valence-corrected chi connectivity index (χ3v) is 1.44. The first-order chi connectivity index (χ1) is 5.57. The quantitative estimate of drug-likeness (QED) is 0.477. The minimum Gasteiger partial charge on any atom is -0.391 e. The van der Waals surface area contributed by atoms with Gasteiger partial charge < -0.3 is 9.84 Å². The molecule has 0 aromatic rings. The van der Waals surface area contributed by atoms with E-state index in [1.54, 1.807) is 19.0 Å². The molecule has 0 rings (SSSR count). The number of ether oxygens (including phenoxy) is 1. The van der Waals surface area contributed by atoms with E-state index in [0.717, 1.165) is 0 Å². The molecule has 0 saturated heterocycles. The van der Waals surface area contributed by atoms with Crippen LogP contribution in [0.25, 0.3) is 0 Å². The summed E-state index contributed by atoms with van der Waals surface area (Å²) >= 11 is 0. The SMILES string of the molecule is CCOC(C)N(C)OCC(C)O. The van der Waals surface area contributed by atoms with E-state index in [9.17, 15) is 0 Å². The summed E-state index contributed by atoms with van der Waals surface area (Å²) < 4.78 is 5.26. The van der Waals surface area contributed by atoms with Crippen molar-refractivity contribution >= 4 is 0 Å². The van der Waals surface area contributed by atoms with Gasteiger partial charge in [0.2, 0.25) is 0 Å². The zero-order valence-electron chi connectivity index (χ0n) is 8.28. The summed E-state index contributed by atoms with van der Waals surface area (Å²) in [4.78, 5) is 5.18. The summed E-state index contributed by atoms with van der Waals surface area (Å²) in [6.45, 7) is 6.46.